The minimum absolute atomic E-state index is 1.27. The maximum Gasteiger partial charge on any atom is 0.0332 e. The first-order chi connectivity index (χ1) is 2.39. The molecule has 0 atom stereocenters. The lowest BCUT2D eigenvalue weighted by atomic mass is 10.6. The quantitative estimate of drug-likeness (QED) is 0.492. The van der Waals surface area contributed by atoms with Crippen molar-refractivity contribution in [2.45, 2.75) is 6.92 Å². The molecule has 0 fully saturated rings. The predicted molar refractivity (Wildman–Crippen MR) is 23.4 cm³/mol. The third-order valence-corrected chi connectivity index (χ3v) is 1.37. The van der Waals surface area contributed by atoms with Crippen LogP contribution in [-0.4, -0.2) is 4.37 Å². The monoisotopic (exact) mass is 87.0 g/mol. The molecule has 0 spiro atoms. The Balaban J connectivity index is 2.83. The Bertz CT molecular complexity index is 89.1. The summed E-state index contributed by atoms with van der Waals surface area (Å²) >= 11 is 1.63. The van der Waals surface area contributed by atoms with E-state index >= 15 is 0 Å². The van der Waals surface area contributed by atoms with E-state index in [0.717, 1.165) is 0 Å². The summed E-state index contributed by atoms with van der Waals surface area (Å²) in [5, 5.41) is 2.07. The summed E-state index contributed by atoms with van der Waals surface area (Å²) < 4.78 is 2.99. The van der Waals surface area contributed by atoms with Gasteiger partial charge in [0.15, 0.2) is 0 Å². The van der Waals surface area contributed by atoms with Crippen LogP contribution in [0.1, 0.15) is 5.69 Å². The molecule has 1 nitrogen and oxygen atoms in total. The lowest BCUT2D eigenvalue weighted by Gasteiger charge is -1.87. The molecule has 0 saturated heterocycles. The molecule has 0 aliphatic carbocycles. The fraction of sp³-hybridized carbons (Fsp3) is 0.333. The predicted octanol–water partition coefficient (Wildman–Crippen LogP) is 1.38. The fourth-order valence-electron chi connectivity index (χ4n) is 0.177. The van der Waals surface area contributed by atoms with E-state index in [1.807, 2.05) is 6.92 Å². The van der Waals surface area contributed by atoms with Gasteiger partial charge >= 0.3 is 0 Å². The van der Waals surface area contributed by atoms with E-state index in [9.17, 15) is 0 Å². The molecule has 1 heterocycles. The highest BCUT2D eigenvalue weighted by atomic mass is 32.1. The van der Waals surface area contributed by atoms with Crippen LogP contribution in [0.5, 0.6) is 0 Å². The first kappa shape index (κ1) is 2.97. The summed E-state index contributed by atoms with van der Waals surface area (Å²) in [5.41, 5.74) is 1.27. The smallest absolute Gasteiger partial charge is 0.0332 e. The summed E-state index contributed by atoms with van der Waals surface area (Å²) in [4.78, 5) is 0. The zero-order chi connectivity index (χ0) is 3.70. The molecular weight excluding hydrogens is 82.1 g/mol. The first-order valence-electron chi connectivity index (χ1n) is 1.48. The topological polar surface area (TPSA) is 15.8 Å². The van der Waals surface area contributed by atoms with Crippen molar-refractivity contribution in [3.8, 4) is 0 Å². The van der Waals surface area contributed by atoms with Gasteiger partial charge < -0.3 is 4.37 Å². The molecule has 2 heteroatoms. The average molecular weight is 87.1 g/mol. The number of aromatic amines is 1. The number of H-pyrrole nitrogens is 1. The zero-order valence-corrected chi connectivity index (χ0v) is 3.80. The van der Waals surface area contributed by atoms with E-state index in [-0.39, 0.29) is 0 Å². The van der Waals surface area contributed by atoms with Crippen molar-refractivity contribution in [3.63, 3.8) is 0 Å². The standard InChI is InChI=1S/C3H5NS/c1-3-2-5-4-3/h2,4H,1H3. The normalized spacial score (nSPS) is 9.00. The molecule has 0 unspecified atom stereocenters. The Labute approximate surface area is 34.8 Å². The van der Waals surface area contributed by atoms with Gasteiger partial charge in [-0.05, 0) is 6.92 Å². The summed E-state index contributed by atoms with van der Waals surface area (Å²) in [6.45, 7) is 2.04. The summed E-state index contributed by atoms with van der Waals surface area (Å²) in [6.07, 6.45) is 0. The summed E-state index contributed by atoms with van der Waals surface area (Å²) in [7, 11) is 0. The van der Waals surface area contributed by atoms with Crippen LogP contribution in [0.2, 0.25) is 0 Å². The summed E-state index contributed by atoms with van der Waals surface area (Å²) in [5.74, 6) is 0. The number of nitrogens with one attached hydrogen (secondary N) is 1. The largest absolute Gasteiger partial charge is 0.315 e. The highest BCUT2D eigenvalue weighted by Crippen LogP contribution is 1.97. The second-order valence-electron chi connectivity index (χ2n) is 1.02. The van der Waals surface area contributed by atoms with Gasteiger partial charge in [-0.3, -0.25) is 0 Å². The van der Waals surface area contributed by atoms with Crippen LogP contribution in [0.25, 0.3) is 0 Å². The molecule has 1 aromatic rings. The fourth-order valence-corrected chi connectivity index (χ4v) is 0.530. The Kier molecular flexibility index (Phi) is 0.513. The Hall–Kier alpha value is -0.240. The molecule has 1 aromatic heterocycles. The molecule has 0 radical (unpaired) electrons. The van der Waals surface area contributed by atoms with Gasteiger partial charge in [-0.15, -0.1) is 0 Å². The van der Waals surface area contributed by atoms with Gasteiger partial charge in [0.1, 0.15) is 0 Å². The van der Waals surface area contributed by atoms with Crippen molar-refractivity contribution >= 4 is 11.5 Å². The van der Waals surface area contributed by atoms with Crippen LogP contribution in [-0.2, 0) is 0 Å². The molecule has 0 amide bonds. The van der Waals surface area contributed by atoms with Gasteiger partial charge in [-0.25, -0.2) is 0 Å². The Morgan fingerprint density at radius 2 is 2.40 bits per heavy atom. The number of rotatable bonds is 0. The zero-order valence-electron chi connectivity index (χ0n) is 2.99. The number of aryl methyl sites for hydroxylation is 1. The molecule has 1 N–H and O–H groups in total. The molecule has 0 aliphatic heterocycles. The lowest BCUT2D eigenvalue weighted by molar-refractivity contribution is 1.31. The van der Waals surface area contributed by atoms with Gasteiger partial charge in [0.2, 0.25) is 0 Å². The van der Waals surface area contributed by atoms with Gasteiger partial charge in [0, 0.05) is 11.1 Å². The Morgan fingerprint density at radius 1 is 2.00 bits per heavy atom. The van der Waals surface area contributed by atoms with Crippen LogP contribution >= 0.6 is 11.5 Å². The number of aromatic nitrogens is 1. The van der Waals surface area contributed by atoms with Crippen molar-refractivity contribution in [2.24, 2.45) is 0 Å². The van der Waals surface area contributed by atoms with E-state index in [1.165, 1.54) is 5.69 Å². The highest BCUT2D eigenvalue weighted by Gasteiger charge is 1.76. The molecule has 0 aromatic carbocycles. The molecular formula is C3H5NS. The minimum Gasteiger partial charge on any atom is -0.315 e. The molecule has 0 aliphatic rings. The van der Waals surface area contributed by atoms with E-state index < -0.39 is 0 Å². The maximum atomic E-state index is 2.99. The van der Waals surface area contributed by atoms with Crippen LogP contribution in [0, 0.1) is 6.92 Å². The second-order valence-corrected chi connectivity index (χ2v) is 1.70. The molecule has 5 heavy (non-hydrogen) atoms. The van der Waals surface area contributed by atoms with Crippen LogP contribution in [0.4, 0.5) is 0 Å². The molecule has 0 saturated carbocycles. The number of hydrogen-bond donors (Lipinski definition) is 1. The van der Waals surface area contributed by atoms with Crippen LogP contribution in [0.3, 0.4) is 0 Å². The van der Waals surface area contributed by atoms with Crippen LogP contribution < -0.4 is 0 Å². The maximum absolute atomic E-state index is 2.99. The lowest BCUT2D eigenvalue weighted by Crippen LogP contribution is -1.72. The van der Waals surface area contributed by atoms with Gasteiger partial charge in [-0.1, -0.05) is 11.5 Å². The van der Waals surface area contributed by atoms with E-state index in [2.05, 4.69) is 9.75 Å². The van der Waals surface area contributed by atoms with Crippen molar-refractivity contribution in [2.75, 3.05) is 0 Å². The SMILES string of the molecule is Cc1cs[nH]1. The average Bonchev–Trinajstić information content (AvgIpc) is 1.30. The van der Waals surface area contributed by atoms with Gasteiger partial charge in [0.05, 0.1) is 0 Å². The first-order valence-corrected chi connectivity index (χ1v) is 2.36. The van der Waals surface area contributed by atoms with Crippen molar-refractivity contribution in [1.29, 1.82) is 0 Å². The van der Waals surface area contributed by atoms with Crippen LogP contribution in [0.15, 0.2) is 5.38 Å². The van der Waals surface area contributed by atoms with Crippen molar-refractivity contribution < 1.29 is 0 Å². The van der Waals surface area contributed by atoms with Gasteiger partial charge in [-0.2, -0.15) is 0 Å². The highest BCUT2D eigenvalue weighted by molar-refractivity contribution is 7.04. The molecule has 1 rings (SSSR count). The van der Waals surface area contributed by atoms with E-state index in [4.69, 9.17) is 0 Å². The summed E-state index contributed by atoms with van der Waals surface area (Å²) in [6, 6.07) is 0. The van der Waals surface area contributed by atoms with Gasteiger partial charge in [0.25, 0.3) is 0 Å². The molecule has 28 valence electrons. The van der Waals surface area contributed by atoms with Crippen molar-refractivity contribution in [1.82, 2.24) is 4.37 Å². The minimum atomic E-state index is 1.27. The third kappa shape index (κ3) is 0.351. The number of hydrogen-bond acceptors (Lipinski definition) is 1. The van der Waals surface area contributed by atoms with Crippen molar-refractivity contribution in [3.05, 3.63) is 11.1 Å². The van der Waals surface area contributed by atoms with E-state index in [1.54, 1.807) is 11.5 Å². The third-order valence-electron chi connectivity index (χ3n) is 0.456. The Morgan fingerprint density at radius 3 is 2.40 bits per heavy atom. The molecule has 0 bridgehead atoms. The second kappa shape index (κ2) is 0.863. The van der Waals surface area contributed by atoms with E-state index in [0.29, 0.717) is 0 Å².